The molecular formula is C13H16ClN3O2. The molecule has 0 saturated carbocycles. The van der Waals surface area contributed by atoms with Crippen LogP contribution in [0.15, 0.2) is 12.1 Å². The fourth-order valence-corrected chi connectivity index (χ4v) is 2.41. The van der Waals surface area contributed by atoms with E-state index in [1.165, 1.54) is 0 Å². The molecule has 2 rings (SSSR count). The molecule has 0 spiro atoms. The largest absolute Gasteiger partial charge is 0.481 e. The molecule has 0 unspecified atom stereocenters. The molecule has 0 aliphatic rings. The lowest BCUT2D eigenvalue weighted by atomic mass is 10.00. The van der Waals surface area contributed by atoms with E-state index in [2.05, 4.69) is 23.9 Å². The Morgan fingerprint density at radius 3 is 2.68 bits per heavy atom. The molecule has 0 atom stereocenters. The molecular weight excluding hydrogens is 266 g/mol. The topological polar surface area (TPSA) is 67.5 Å². The lowest BCUT2D eigenvalue weighted by molar-refractivity contribution is -0.136. The number of aromatic nitrogens is 3. The molecule has 102 valence electrons. The second-order valence-electron chi connectivity index (χ2n) is 4.49. The minimum atomic E-state index is -0.923. The standard InChI is InChI=1S/C13H16ClN3O2/c1-3-8(4-2)10-7-12-15-9(6-13(18)19)5-11(14)17(12)16-10/h5,7-8H,3-4,6H2,1-2H3,(H,18,19). The zero-order valence-electron chi connectivity index (χ0n) is 10.9. The van der Waals surface area contributed by atoms with Gasteiger partial charge in [0.2, 0.25) is 0 Å². The van der Waals surface area contributed by atoms with Crippen molar-refractivity contribution in [1.82, 2.24) is 14.6 Å². The molecule has 0 radical (unpaired) electrons. The summed E-state index contributed by atoms with van der Waals surface area (Å²) in [5.74, 6) is -0.548. The number of nitrogens with zero attached hydrogens (tertiary/aromatic N) is 3. The predicted molar refractivity (Wildman–Crippen MR) is 72.7 cm³/mol. The molecule has 0 bridgehead atoms. The lowest BCUT2D eigenvalue weighted by Gasteiger charge is -2.06. The summed E-state index contributed by atoms with van der Waals surface area (Å²) in [6.07, 6.45) is 1.86. The number of hydrogen-bond acceptors (Lipinski definition) is 3. The number of fused-ring (bicyclic) bond motifs is 1. The molecule has 1 N–H and O–H groups in total. The van der Waals surface area contributed by atoms with Gasteiger partial charge in [-0.1, -0.05) is 25.4 Å². The molecule has 0 saturated heterocycles. The van der Waals surface area contributed by atoms with Crippen LogP contribution in [-0.4, -0.2) is 25.7 Å². The highest BCUT2D eigenvalue weighted by molar-refractivity contribution is 6.29. The van der Waals surface area contributed by atoms with Crippen molar-refractivity contribution in [3.05, 3.63) is 28.7 Å². The average Bonchev–Trinajstić information content (AvgIpc) is 2.74. The molecule has 2 aromatic heterocycles. The first-order chi connectivity index (χ1) is 9.05. The molecule has 5 nitrogen and oxygen atoms in total. The maximum absolute atomic E-state index is 10.7. The maximum Gasteiger partial charge on any atom is 0.309 e. The minimum Gasteiger partial charge on any atom is -0.481 e. The summed E-state index contributed by atoms with van der Waals surface area (Å²) in [5.41, 5.74) is 2.00. The molecule has 0 aromatic carbocycles. The van der Waals surface area contributed by atoms with E-state index in [0.29, 0.717) is 22.4 Å². The number of halogens is 1. The molecule has 0 amide bonds. The van der Waals surface area contributed by atoms with Crippen LogP contribution < -0.4 is 0 Å². The fourth-order valence-electron chi connectivity index (χ4n) is 2.16. The normalized spacial score (nSPS) is 11.4. The quantitative estimate of drug-likeness (QED) is 0.856. The Balaban J connectivity index is 2.47. The van der Waals surface area contributed by atoms with Crippen LogP contribution in [0.2, 0.25) is 5.15 Å². The molecule has 19 heavy (non-hydrogen) atoms. The Bertz CT molecular complexity index is 605. The van der Waals surface area contributed by atoms with Gasteiger partial charge in [-0.2, -0.15) is 5.10 Å². The van der Waals surface area contributed by atoms with Crippen LogP contribution >= 0.6 is 11.6 Å². The number of carboxylic acids is 1. The molecule has 0 fully saturated rings. The van der Waals surface area contributed by atoms with Gasteiger partial charge in [0.25, 0.3) is 0 Å². The summed E-state index contributed by atoms with van der Waals surface area (Å²) >= 11 is 6.12. The van der Waals surface area contributed by atoms with Crippen LogP contribution in [0.5, 0.6) is 0 Å². The molecule has 2 aromatic rings. The first kappa shape index (κ1) is 13.8. The van der Waals surface area contributed by atoms with Gasteiger partial charge in [-0.3, -0.25) is 4.79 Å². The van der Waals surface area contributed by atoms with Crippen LogP contribution in [0.4, 0.5) is 0 Å². The van der Waals surface area contributed by atoms with Crippen LogP contribution in [0.1, 0.15) is 44.0 Å². The second-order valence-corrected chi connectivity index (χ2v) is 4.88. The van der Waals surface area contributed by atoms with Crippen molar-refractivity contribution in [2.24, 2.45) is 0 Å². The third kappa shape index (κ3) is 2.87. The first-order valence-electron chi connectivity index (χ1n) is 6.32. The van der Waals surface area contributed by atoms with Gasteiger partial charge >= 0.3 is 5.97 Å². The molecule has 6 heteroatoms. The highest BCUT2D eigenvalue weighted by atomic mass is 35.5. The summed E-state index contributed by atoms with van der Waals surface area (Å²) in [6.45, 7) is 4.23. The Morgan fingerprint density at radius 2 is 2.11 bits per heavy atom. The van der Waals surface area contributed by atoms with Crippen molar-refractivity contribution in [3.63, 3.8) is 0 Å². The number of rotatable bonds is 5. The zero-order chi connectivity index (χ0) is 14.0. The van der Waals surface area contributed by atoms with Gasteiger partial charge in [-0.05, 0) is 18.9 Å². The van der Waals surface area contributed by atoms with E-state index < -0.39 is 5.97 Å². The third-order valence-corrected chi connectivity index (χ3v) is 3.46. The van der Waals surface area contributed by atoms with Crippen molar-refractivity contribution in [3.8, 4) is 0 Å². The third-order valence-electron chi connectivity index (χ3n) is 3.19. The summed E-state index contributed by atoms with van der Waals surface area (Å²) in [7, 11) is 0. The minimum absolute atomic E-state index is 0.137. The van der Waals surface area contributed by atoms with E-state index in [4.69, 9.17) is 16.7 Å². The van der Waals surface area contributed by atoms with E-state index in [0.717, 1.165) is 18.5 Å². The van der Waals surface area contributed by atoms with Gasteiger partial charge in [0.15, 0.2) is 5.65 Å². The van der Waals surface area contributed by atoms with E-state index in [1.54, 1.807) is 10.6 Å². The van der Waals surface area contributed by atoms with E-state index in [1.807, 2.05) is 6.07 Å². The SMILES string of the molecule is CCC(CC)c1cc2nc(CC(=O)O)cc(Cl)n2n1. The van der Waals surface area contributed by atoms with Gasteiger partial charge in [0, 0.05) is 12.0 Å². The summed E-state index contributed by atoms with van der Waals surface area (Å²) < 4.78 is 1.56. The van der Waals surface area contributed by atoms with Crippen molar-refractivity contribution >= 4 is 23.2 Å². The van der Waals surface area contributed by atoms with Crippen LogP contribution in [0.25, 0.3) is 5.65 Å². The number of hydrogen-bond donors (Lipinski definition) is 1. The number of carbonyl (C=O) groups is 1. The molecule has 2 heterocycles. The highest BCUT2D eigenvalue weighted by Gasteiger charge is 2.15. The Morgan fingerprint density at radius 1 is 1.42 bits per heavy atom. The Labute approximate surface area is 116 Å². The molecule has 0 aliphatic heterocycles. The van der Waals surface area contributed by atoms with Crippen LogP contribution in [-0.2, 0) is 11.2 Å². The highest BCUT2D eigenvalue weighted by Crippen LogP contribution is 2.24. The summed E-state index contributed by atoms with van der Waals surface area (Å²) in [6, 6.07) is 3.43. The van der Waals surface area contributed by atoms with Crippen molar-refractivity contribution in [2.45, 2.75) is 39.0 Å². The lowest BCUT2D eigenvalue weighted by Crippen LogP contribution is -2.04. The average molecular weight is 282 g/mol. The summed E-state index contributed by atoms with van der Waals surface area (Å²) in [5, 5.41) is 13.6. The van der Waals surface area contributed by atoms with Crippen molar-refractivity contribution in [1.29, 1.82) is 0 Å². The fraction of sp³-hybridized carbons (Fsp3) is 0.462. The van der Waals surface area contributed by atoms with Crippen molar-refractivity contribution < 1.29 is 9.90 Å². The van der Waals surface area contributed by atoms with E-state index in [9.17, 15) is 4.79 Å². The Hall–Kier alpha value is -1.62. The van der Waals surface area contributed by atoms with Gasteiger partial charge in [0.05, 0.1) is 17.8 Å². The smallest absolute Gasteiger partial charge is 0.309 e. The Kier molecular flexibility index (Phi) is 4.04. The van der Waals surface area contributed by atoms with Gasteiger partial charge in [-0.15, -0.1) is 0 Å². The number of aliphatic carboxylic acids is 1. The molecule has 0 aliphatic carbocycles. The monoisotopic (exact) mass is 281 g/mol. The van der Waals surface area contributed by atoms with Gasteiger partial charge in [-0.25, -0.2) is 9.50 Å². The number of carboxylic acid groups (broad SMARTS) is 1. The van der Waals surface area contributed by atoms with Crippen LogP contribution in [0.3, 0.4) is 0 Å². The van der Waals surface area contributed by atoms with Gasteiger partial charge in [0.1, 0.15) is 5.15 Å². The first-order valence-corrected chi connectivity index (χ1v) is 6.69. The zero-order valence-corrected chi connectivity index (χ0v) is 11.7. The van der Waals surface area contributed by atoms with Crippen LogP contribution in [0, 0.1) is 0 Å². The van der Waals surface area contributed by atoms with E-state index >= 15 is 0 Å². The maximum atomic E-state index is 10.7. The van der Waals surface area contributed by atoms with Crippen molar-refractivity contribution in [2.75, 3.05) is 0 Å². The predicted octanol–water partition coefficient (Wildman–Crippen LogP) is 2.91. The summed E-state index contributed by atoms with van der Waals surface area (Å²) in [4.78, 5) is 15.0. The van der Waals surface area contributed by atoms with Gasteiger partial charge < -0.3 is 5.11 Å². The second kappa shape index (κ2) is 5.57. The van der Waals surface area contributed by atoms with E-state index in [-0.39, 0.29) is 6.42 Å².